The quantitative estimate of drug-likeness (QED) is 0.244. The van der Waals surface area contributed by atoms with Crippen LogP contribution in [0, 0.1) is 0 Å². The molecule has 0 bridgehead atoms. The zero-order valence-corrected chi connectivity index (χ0v) is 21.3. The van der Waals surface area contributed by atoms with Gasteiger partial charge in [0.05, 0.1) is 23.6 Å². The molecule has 0 saturated carbocycles. The molecule has 6 nitrogen and oxygen atoms in total. The molecular formula is C29H24BrNO5. The van der Waals surface area contributed by atoms with Crippen LogP contribution in [0.3, 0.4) is 0 Å². The SMILES string of the molecule is C=CCOc1ccc(C2c3c(oc4ccc(Br)cc4c3=O)C(=O)N2Cc2ccccc2)cc1OCC. The van der Waals surface area contributed by atoms with Crippen LogP contribution in [0.4, 0.5) is 0 Å². The van der Waals surface area contributed by atoms with Crippen molar-refractivity contribution in [2.24, 2.45) is 0 Å². The Hall–Kier alpha value is -3.84. The minimum atomic E-state index is -0.653. The van der Waals surface area contributed by atoms with Crippen LogP contribution in [0.2, 0.25) is 0 Å². The van der Waals surface area contributed by atoms with Gasteiger partial charge in [0, 0.05) is 11.0 Å². The summed E-state index contributed by atoms with van der Waals surface area (Å²) in [4.78, 5) is 29.2. The van der Waals surface area contributed by atoms with Crippen LogP contribution < -0.4 is 14.9 Å². The molecule has 1 aromatic heterocycles. The summed E-state index contributed by atoms with van der Waals surface area (Å²) in [5, 5.41) is 0.415. The summed E-state index contributed by atoms with van der Waals surface area (Å²) in [5.74, 6) is 0.839. The number of ether oxygens (including phenoxy) is 2. The van der Waals surface area contributed by atoms with E-state index in [1.807, 2.05) is 49.4 Å². The van der Waals surface area contributed by atoms with E-state index < -0.39 is 6.04 Å². The highest BCUT2D eigenvalue weighted by molar-refractivity contribution is 9.10. The Kier molecular flexibility index (Phi) is 6.65. The van der Waals surface area contributed by atoms with E-state index in [-0.39, 0.29) is 17.1 Å². The van der Waals surface area contributed by atoms with E-state index in [1.54, 1.807) is 35.2 Å². The van der Waals surface area contributed by atoms with E-state index in [0.29, 0.717) is 47.8 Å². The predicted molar refractivity (Wildman–Crippen MR) is 142 cm³/mol. The van der Waals surface area contributed by atoms with Crippen LogP contribution in [-0.2, 0) is 6.54 Å². The Balaban J connectivity index is 1.70. The number of carbonyl (C=O) groups is 1. The number of rotatable bonds is 8. The minimum absolute atomic E-state index is 0.0701. The van der Waals surface area contributed by atoms with Gasteiger partial charge in [0.25, 0.3) is 5.91 Å². The van der Waals surface area contributed by atoms with E-state index in [1.165, 1.54) is 0 Å². The van der Waals surface area contributed by atoms with Gasteiger partial charge in [0.1, 0.15) is 12.2 Å². The van der Waals surface area contributed by atoms with Crippen LogP contribution in [0.25, 0.3) is 11.0 Å². The first kappa shape index (κ1) is 23.9. The number of carbonyl (C=O) groups excluding carboxylic acids is 1. The largest absolute Gasteiger partial charge is 0.490 e. The van der Waals surface area contributed by atoms with Crippen molar-refractivity contribution in [3.05, 3.63) is 117 Å². The lowest BCUT2D eigenvalue weighted by molar-refractivity contribution is 0.0714. The predicted octanol–water partition coefficient (Wildman–Crippen LogP) is 6.26. The summed E-state index contributed by atoms with van der Waals surface area (Å²) >= 11 is 3.44. The van der Waals surface area contributed by atoms with E-state index >= 15 is 0 Å². The van der Waals surface area contributed by atoms with Crippen molar-refractivity contribution in [2.45, 2.75) is 19.5 Å². The van der Waals surface area contributed by atoms with Crippen molar-refractivity contribution in [3.8, 4) is 11.5 Å². The summed E-state index contributed by atoms with van der Waals surface area (Å²) in [5.41, 5.74) is 2.14. The fourth-order valence-corrected chi connectivity index (χ4v) is 4.87. The van der Waals surface area contributed by atoms with Crippen LogP contribution >= 0.6 is 15.9 Å². The van der Waals surface area contributed by atoms with Crippen molar-refractivity contribution in [1.82, 2.24) is 4.90 Å². The number of hydrogen-bond acceptors (Lipinski definition) is 5. The summed E-state index contributed by atoms with van der Waals surface area (Å²) in [6.07, 6.45) is 1.66. The standard InChI is InChI=1S/C29H24BrNO5/c1-3-14-35-23-12-10-19(15-24(23)34-4-2)26-25-27(32)21-16-20(30)11-13-22(21)36-28(25)29(33)31(26)17-18-8-6-5-7-9-18/h3,5-13,15-16,26H,1,4,14,17H2,2H3. The monoisotopic (exact) mass is 545 g/mol. The van der Waals surface area contributed by atoms with Gasteiger partial charge in [0.2, 0.25) is 5.76 Å². The second kappa shape index (κ2) is 10.0. The second-order valence-corrected chi connectivity index (χ2v) is 9.29. The molecule has 1 unspecified atom stereocenters. The first-order chi connectivity index (χ1) is 17.5. The van der Waals surface area contributed by atoms with Gasteiger partial charge >= 0.3 is 0 Å². The van der Waals surface area contributed by atoms with Crippen LogP contribution in [0.1, 0.15) is 40.2 Å². The number of hydrogen-bond donors (Lipinski definition) is 0. The van der Waals surface area contributed by atoms with Crippen LogP contribution in [-0.4, -0.2) is 24.0 Å². The lowest BCUT2D eigenvalue weighted by Gasteiger charge is -2.26. The summed E-state index contributed by atoms with van der Waals surface area (Å²) in [6, 6.07) is 19.7. The first-order valence-corrected chi connectivity index (χ1v) is 12.4. The number of halogens is 1. The van der Waals surface area contributed by atoms with Crippen molar-refractivity contribution in [2.75, 3.05) is 13.2 Å². The van der Waals surface area contributed by atoms with Crippen molar-refractivity contribution < 1.29 is 18.7 Å². The Morgan fingerprint density at radius 3 is 2.58 bits per heavy atom. The van der Waals surface area contributed by atoms with Crippen molar-refractivity contribution in [3.63, 3.8) is 0 Å². The lowest BCUT2D eigenvalue weighted by atomic mass is 9.97. The molecule has 7 heteroatoms. The van der Waals surface area contributed by atoms with Gasteiger partial charge in [-0.15, -0.1) is 0 Å². The third-order valence-electron chi connectivity index (χ3n) is 6.06. The van der Waals surface area contributed by atoms with Gasteiger partial charge in [-0.25, -0.2) is 0 Å². The van der Waals surface area contributed by atoms with Gasteiger partial charge < -0.3 is 18.8 Å². The summed E-state index contributed by atoms with van der Waals surface area (Å²) in [7, 11) is 0. The molecule has 3 aromatic carbocycles. The topological polar surface area (TPSA) is 69.0 Å². The third-order valence-corrected chi connectivity index (χ3v) is 6.56. The van der Waals surface area contributed by atoms with E-state index in [2.05, 4.69) is 22.5 Å². The Labute approximate surface area is 216 Å². The fraction of sp³-hybridized carbons (Fsp3) is 0.172. The van der Waals surface area contributed by atoms with Gasteiger partial charge in [-0.05, 0) is 48.4 Å². The second-order valence-electron chi connectivity index (χ2n) is 8.37. The van der Waals surface area contributed by atoms with Crippen molar-refractivity contribution in [1.29, 1.82) is 0 Å². The Morgan fingerprint density at radius 2 is 1.83 bits per heavy atom. The van der Waals surface area contributed by atoms with E-state index in [0.717, 1.165) is 15.6 Å². The lowest BCUT2D eigenvalue weighted by Crippen LogP contribution is -2.29. The smallest absolute Gasteiger partial charge is 0.291 e. The molecule has 4 aromatic rings. The molecule has 0 spiro atoms. The van der Waals surface area contributed by atoms with Gasteiger partial charge in [-0.1, -0.05) is 65.0 Å². The third kappa shape index (κ3) is 4.31. The molecule has 0 saturated heterocycles. The molecule has 0 aliphatic carbocycles. The summed E-state index contributed by atoms with van der Waals surface area (Å²) in [6.45, 7) is 6.66. The molecule has 1 atom stereocenters. The first-order valence-electron chi connectivity index (χ1n) is 11.6. The zero-order valence-electron chi connectivity index (χ0n) is 19.7. The molecule has 36 heavy (non-hydrogen) atoms. The highest BCUT2D eigenvalue weighted by Crippen LogP contribution is 2.42. The van der Waals surface area contributed by atoms with E-state index in [4.69, 9.17) is 13.9 Å². The Bertz CT molecular complexity index is 1510. The molecule has 2 heterocycles. The molecule has 182 valence electrons. The minimum Gasteiger partial charge on any atom is -0.490 e. The maximum Gasteiger partial charge on any atom is 0.291 e. The Morgan fingerprint density at radius 1 is 1.03 bits per heavy atom. The molecule has 0 fully saturated rings. The molecule has 0 radical (unpaired) electrons. The normalized spacial score (nSPS) is 14.7. The number of nitrogens with zero attached hydrogens (tertiary/aromatic N) is 1. The molecule has 1 aliphatic rings. The number of fused-ring (bicyclic) bond motifs is 2. The van der Waals surface area contributed by atoms with Crippen LogP contribution in [0.5, 0.6) is 11.5 Å². The zero-order chi connectivity index (χ0) is 25.2. The molecule has 1 amide bonds. The fourth-order valence-electron chi connectivity index (χ4n) is 4.51. The maximum absolute atomic E-state index is 13.8. The average Bonchev–Trinajstić information content (AvgIpc) is 3.16. The molecular weight excluding hydrogens is 522 g/mol. The molecule has 5 rings (SSSR count). The van der Waals surface area contributed by atoms with Gasteiger partial charge in [0.15, 0.2) is 16.9 Å². The number of benzene rings is 3. The maximum atomic E-state index is 13.8. The highest BCUT2D eigenvalue weighted by Gasteiger charge is 2.43. The van der Waals surface area contributed by atoms with E-state index in [9.17, 15) is 9.59 Å². The van der Waals surface area contributed by atoms with Crippen molar-refractivity contribution >= 4 is 32.8 Å². The van der Waals surface area contributed by atoms with Gasteiger partial charge in [-0.2, -0.15) is 0 Å². The van der Waals surface area contributed by atoms with Crippen LogP contribution in [0.15, 0.2) is 93.1 Å². The average molecular weight is 546 g/mol. The number of amides is 1. The molecule has 0 N–H and O–H groups in total. The molecule has 1 aliphatic heterocycles. The summed E-state index contributed by atoms with van der Waals surface area (Å²) < 4.78 is 18.4. The van der Waals surface area contributed by atoms with Gasteiger partial charge in [-0.3, -0.25) is 9.59 Å². The highest BCUT2D eigenvalue weighted by atomic mass is 79.9.